The van der Waals surface area contributed by atoms with Crippen molar-refractivity contribution >= 4 is 11.0 Å². The number of ether oxygens (including phenoxy) is 1. The molecule has 3 aromatic rings. The second kappa shape index (κ2) is 3.98. The van der Waals surface area contributed by atoms with Crippen LogP contribution in [-0.4, -0.2) is 7.11 Å². The third-order valence-electron chi connectivity index (χ3n) is 2.78. The number of rotatable bonds is 2. The van der Waals surface area contributed by atoms with Crippen molar-refractivity contribution in [2.24, 2.45) is 0 Å². The fraction of sp³-hybridized carbons (Fsp3) is 0.0667. The molecule has 0 spiro atoms. The molecule has 2 nitrogen and oxygen atoms in total. The third-order valence-corrected chi connectivity index (χ3v) is 2.78. The van der Waals surface area contributed by atoms with Crippen LogP contribution in [0.4, 0.5) is 0 Å². The molecule has 0 aliphatic carbocycles. The zero-order valence-electron chi connectivity index (χ0n) is 9.44. The summed E-state index contributed by atoms with van der Waals surface area (Å²) < 4.78 is 10.6. The summed E-state index contributed by atoms with van der Waals surface area (Å²) in [7, 11) is 1.66. The Hall–Kier alpha value is -2.22. The number of fused-ring (bicyclic) bond motifs is 1. The first-order valence-corrected chi connectivity index (χ1v) is 5.42. The van der Waals surface area contributed by atoms with Crippen LogP contribution in [0.3, 0.4) is 0 Å². The van der Waals surface area contributed by atoms with Crippen molar-refractivity contribution in [3.63, 3.8) is 0 Å². The van der Waals surface area contributed by atoms with Crippen LogP contribution in [0, 0.1) is 6.26 Å². The molecule has 17 heavy (non-hydrogen) atoms. The Labute approximate surface area is 99.4 Å². The maximum Gasteiger partial charge on any atom is 0.179 e. The molecule has 0 unspecified atom stereocenters. The molecule has 3 rings (SSSR count). The van der Waals surface area contributed by atoms with E-state index in [9.17, 15) is 0 Å². The van der Waals surface area contributed by atoms with Gasteiger partial charge in [-0.2, -0.15) is 0 Å². The van der Waals surface area contributed by atoms with Gasteiger partial charge in [0.15, 0.2) is 6.26 Å². The lowest BCUT2D eigenvalue weighted by molar-refractivity contribution is 0.415. The topological polar surface area (TPSA) is 22.4 Å². The molecule has 83 valence electrons. The van der Waals surface area contributed by atoms with Gasteiger partial charge in [0.2, 0.25) is 0 Å². The minimum absolute atomic E-state index is 0.824. The van der Waals surface area contributed by atoms with E-state index in [0.717, 1.165) is 27.8 Å². The Morgan fingerprint density at radius 1 is 1.06 bits per heavy atom. The molecule has 0 N–H and O–H groups in total. The summed E-state index contributed by atoms with van der Waals surface area (Å²) in [6.45, 7) is 0. The number of methoxy groups -OCH3 is 1. The normalized spacial score (nSPS) is 10.6. The molecule has 1 heterocycles. The lowest BCUT2D eigenvalue weighted by atomic mass is 10.0. The van der Waals surface area contributed by atoms with Crippen molar-refractivity contribution in [1.82, 2.24) is 0 Å². The summed E-state index contributed by atoms with van der Waals surface area (Å²) in [6, 6.07) is 15.8. The molecule has 0 bridgehead atoms. The van der Waals surface area contributed by atoms with Gasteiger partial charge >= 0.3 is 0 Å². The first-order chi connectivity index (χ1) is 8.38. The zero-order chi connectivity index (χ0) is 11.7. The van der Waals surface area contributed by atoms with Crippen molar-refractivity contribution in [3.8, 4) is 16.9 Å². The molecule has 0 saturated heterocycles. The molecule has 0 saturated carbocycles. The van der Waals surface area contributed by atoms with Crippen LogP contribution in [0.5, 0.6) is 5.75 Å². The maximum atomic E-state index is 5.42. The van der Waals surface area contributed by atoms with Crippen molar-refractivity contribution in [3.05, 3.63) is 54.8 Å². The third kappa shape index (κ3) is 1.68. The maximum absolute atomic E-state index is 5.42. The summed E-state index contributed by atoms with van der Waals surface area (Å²) in [5.41, 5.74) is 2.89. The van der Waals surface area contributed by atoms with E-state index < -0.39 is 0 Å². The minimum Gasteiger partial charge on any atom is -0.497 e. The second-order valence-corrected chi connectivity index (χ2v) is 3.81. The second-order valence-electron chi connectivity index (χ2n) is 3.81. The lowest BCUT2D eigenvalue weighted by Gasteiger charge is -2.00. The van der Waals surface area contributed by atoms with Crippen LogP contribution < -0.4 is 4.74 Å². The largest absolute Gasteiger partial charge is 0.497 e. The van der Waals surface area contributed by atoms with Crippen molar-refractivity contribution in [2.45, 2.75) is 0 Å². The predicted octanol–water partition coefficient (Wildman–Crippen LogP) is 3.91. The Kier molecular flexibility index (Phi) is 2.33. The highest BCUT2D eigenvalue weighted by molar-refractivity contribution is 5.94. The molecule has 0 amide bonds. The van der Waals surface area contributed by atoms with Gasteiger partial charge in [0, 0.05) is 10.9 Å². The van der Waals surface area contributed by atoms with Gasteiger partial charge in [-0.05, 0) is 23.8 Å². The highest BCUT2D eigenvalue weighted by atomic mass is 16.5. The van der Waals surface area contributed by atoms with Crippen LogP contribution in [0.1, 0.15) is 0 Å². The van der Waals surface area contributed by atoms with E-state index in [1.54, 1.807) is 7.11 Å². The van der Waals surface area contributed by atoms with Gasteiger partial charge in [-0.3, -0.25) is 0 Å². The number of hydrogen-bond acceptors (Lipinski definition) is 2. The van der Waals surface area contributed by atoms with E-state index in [2.05, 4.69) is 6.26 Å². The minimum atomic E-state index is 0.824. The van der Waals surface area contributed by atoms with E-state index in [-0.39, 0.29) is 0 Å². The standard InChI is InChI=1S/C15H11O2/c1-16-12-7-8-15-13(9-12)14(10-17-15)11-5-3-2-4-6-11/h2-9H,1H3. The van der Waals surface area contributed by atoms with E-state index in [1.807, 2.05) is 48.5 Å². The SMILES string of the molecule is COc1ccc2o[c]c(-c3ccccc3)c2c1. The van der Waals surface area contributed by atoms with Crippen LogP contribution in [0.25, 0.3) is 22.1 Å². The Balaban J connectivity index is 2.23. The van der Waals surface area contributed by atoms with E-state index in [1.165, 1.54) is 0 Å². The molecular weight excluding hydrogens is 212 g/mol. The summed E-state index contributed by atoms with van der Waals surface area (Å²) in [4.78, 5) is 0. The van der Waals surface area contributed by atoms with Gasteiger partial charge in [0.1, 0.15) is 11.3 Å². The highest BCUT2D eigenvalue weighted by Crippen LogP contribution is 2.32. The zero-order valence-corrected chi connectivity index (χ0v) is 9.44. The summed E-state index contributed by atoms with van der Waals surface area (Å²) in [6.07, 6.45) is 2.95. The fourth-order valence-electron chi connectivity index (χ4n) is 1.90. The van der Waals surface area contributed by atoms with Crippen LogP contribution in [0.15, 0.2) is 52.9 Å². The molecule has 1 aromatic heterocycles. The molecule has 2 aromatic carbocycles. The smallest absolute Gasteiger partial charge is 0.179 e. The quantitative estimate of drug-likeness (QED) is 0.657. The molecule has 0 aliphatic rings. The van der Waals surface area contributed by atoms with Gasteiger partial charge in [0.25, 0.3) is 0 Å². The van der Waals surface area contributed by atoms with Crippen molar-refractivity contribution in [1.29, 1.82) is 0 Å². The summed E-state index contributed by atoms with van der Waals surface area (Å²) >= 11 is 0. The molecular formula is C15H11O2. The molecule has 0 atom stereocenters. The molecule has 2 heteroatoms. The number of benzene rings is 2. The van der Waals surface area contributed by atoms with Crippen molar-refractivity contribution < 1.29 is 9.15 Å². The first-order valence-electron chi connectivity index (χ1n) is 5.42. The Bertz CT molecular complexity index is 638. The Morgan fingerprint density at radius 3 is 2.65 bits per heavy atom. The molecule has 0 aliphatic heterocycles. The Morgan fingerprint density at radius 2 is 1.88 bits per heavy atom. The van der Waals surface area contributed by atoms with Crippen LogP contribution in [0.2, 0.25) is 0 Å². The first kappa shape index (κ1) is 9.97. The fourth-order valence-corrected chi connectivity index (χ4v) is 1.90. The lowest BCUT2D eigenvalue weighted by Crippen LogP contribution is -1.81. The average Bonchev–Trinajstić information content (AvgIpc) is 2.82. The predicted molar refractivity (Wildman–Crippen MR) is 67.0 cm³/mol. The monoisotopic (exact) mass is 223 g/mol. The van der Waals surface area contributed by atoms with E-state index in [4.69, 9.17) is 9.15 Å². The summed E-state index contributed by atoms with van der Waals surface area (Å²) in [5.74, 6) is 0.824. The average molecular weight is 223 g/mol. The van der Waals surface area contributed by atoms with Crippen molar-refractivity contribution in [2.75, 3.05) is 7.11 Å². The number of furan rings is 1. The highest BCUT2D eigenvalue weighted by Gasteiger charge is 2.09. The number of hydrogen-bond donors (Lipinski definition) is 0. The molecule has 0 fully saturated rings. The van der Waals surface area contributed by atoms with Gasteiger partial charge in [-0.25, -0.2) is 0 Å². The van der Waals surface area contributed by atoms with Gasteiger partial charge in [0.05, 0.1) is 7.11 Å². The van der Waals surface area contributed by atoms with Gasteiger partial charge < -0.3 is 9.15 Å². The van der Waals surface area contributed by atoms with Gasteiger partial charge in [-0.1, -0.05) is 30.3 Å². The van der Waals surface area contributed by atoms with E-state index in [0.29, 0.717) is 0 Å². The molecule has 1 radical (unpaired) electrons. The van der Waals surface area contributed by atoms with Crippen LogP contribution in [-0.2, 0) is 0 Å². The van der Waals surface area contributed by atoms with Crippen LogP contribution >= 0.6 is 0 Å². The summed E-state index contributed by atoms with van der Waals surface area (Å²) in [5, 5.41) is 1.02. The van der Waals surface area contributed by atoms with E-state index >= 15 is 0 Å². The van der Waals surface area contributed by atoms with Gasteiger partial charge in [-0.15, -0.1) is 0 Å².